The molecule has 1 saturated heterocycles. The minimum Gasteiger partial charge on any atom is -0.444 e. The van der Waals surface area contributed by atoms with Gasteiger partial charge in [0.15, 0.2) is 0 Å². The van der Waals surface area contributed by atoms with Crippen molar-refractivity contribution in [1.82, 2.24) is 4.90 Å². The second-order valence-corrected chi connectivity index (χ2v) is 6.88. The third-order valence-electron chi connectivity index (χ3n) is 4.00. The van der Waals surface area contributed by atoms with E-state index in [2.05, 4.69) is 0 Å². The highest BCUT2D eigenvalue weighted by molar-refractivity contribution is 5.68. The van der Waals surface area contributed by atoms with E-state index in [0.717, 1.165) is 5.56 Å². The van der Waals surface area contributed by atoms with E-state index in [1.54, 1.807) is 4.90 Å². The number of likely N-dealkylation sites (tertiary alicyclic amines) is 1. The maximum absolute atomic E-state index is 12.2. The van der Waals surface area contributed by atoms with Crippen molar-refractivity contribution < 1.29 is 19.4 Å². The molecular formula is C18H27NO4. The molecule has 5 nitrogen and oxygen atoms in total. The number of hydrogen-bond donors (Lipinski definition) is 1. The quantitative estimate of drug-likeness (QED) is 0.930. The van der Waals surface area contributed by atoms with Gasteiger partial charge in [-0.2, -0.15) is 0 Å². The van der Waals surface area contributed by atoms with Gasteiger partial charge in [0.1, 0.15) is 17.3 Å². The van der Waals surface area contributed by atoms with Crippen molar-refractivity contribution >= 4 is 6.09 Å². The predicted molar refractivity (Wildman–Crippen MR) is 88.2 cm³/mol. The molecule has 1 aromatic carbocycles. The summed E-state index contributed by atoms with van der Waals surface area (Å²) in [6.45, 7) is 8.60. The fourth-order valence-corrected chi connectivity index (χ4v) is 2.97. The van der Waals surface area contributed by atoms with Gasteiger partial charge in [0, 0.05) is 19.6 Å². The molecule has 1 N–H and O–H groups in total. The first-order valence-electron chi connectivity index (χ1n) is 8.14. The Balaban J connectivity index is 2.16. The molecule has 1 heterocycles. The van der Waals surface area contributed by atoms with Crippen molar-refractivity contribution in [2.45, 2.75) is 51.4 Å². The number of aliphatic hydroxyl groups is 1. The summed E-state index contributed by atoms with van der Waals surface area (Å²) in [7, 11) is 0. The van der Waals surface area contributed by atoms with E-state index in [1.807, 2.05) is 58.0 Å². The molecule has 0 aliphatic carbocycles. The van der Waals surface area contributed by atoms with Crippen LogP contribution < -0.4 is 0 Å². The van der Waals surface area contributed by atoms with E-state index in [-0.39, 0.29) is 6.54 Å². The molecule has 23 heavy (non-hydrogen) atoms. The van der Waals surface area contributed by atoms with Crippen molar-refractivity contribution in [3.05, 3.63) is 35.9 Å². The number of nitrogens with zero attached hydrogens (tertiary/aromatic N) is 1. The molecule has 5 heteroatoms. The summed E-state index contributed by atoms with van der Waals surface area (Å²) in [6, 6.07) is 9.72. The number of rotatable bonds is 3. The highest BCUT2D eigenvalue weighted by atomic mass is 16.6. The summed E-state index contributed by atoms with van der Waals surface area (Å²) in [5.74, 6) is 0. The molecule has 1 aliphatic rings. The van der Waals surface area contributed by atoms with E-state index in [0.29, 0.717) is 19.6 Å². The van der Waals surface area contributed by atoms with E-state index in [9.17, 15) is 9.90 Å². The lowest BCUT2D eigenvalue weighted by Crippen LogP contribution is -2.56. The average Bonchev–Trinajstić information content (AvgIpc) is 2.48. The van der Waals surface area contributed by atoms with Crippen LogP contribution in [0.1, 0.15) is 39.7 Å². The standard InChI is InChI=1S/C18H27NO4/c1-5-22-18(14-9-7-6-8-10-14)11-12-19(13-15(18)20)16(21)23-17(2,3)4/h6-10,15,20H,5,11-13H2,1-4H3/t15-,18-/m0/s1. The number of carbonyl (C=O) groups is 1. The van der Waals surface area contributed by atoms with Gasteiger partial charge in [0.25, 0.3) is 0 Å². The summed E-state index contributed by atoms with van der Waals surface area (Å²) in [5, 5.41) is 10.7. The average molecular weight is 321 g/mol. The first-order valence-corrected chi connectivity index (χ1v) is 8.14. The minimum atomic E-state index is -0.800. The van der Waals surface area contributed by atoms with Crippen LogP contribution in [0.3, 0.4) is 0 Å². The number of piperidine rings is 1. The van der Waals surface area contributed by atoms with Gasteiger partial charge in [0.05, 0.1) is 6.54 Å². The van der Waals surface area contributed by atoms with Crippen LogP contribution in [0.15, 0.2) is 30.3 Å². The van der Waals surface area contributed by atoms with Crippen molar-refractivity contribution in [3.8, 4) is 0 Å². The van der Waals surface area contributed by atoms with Crippen LogP contribution in [-0.4, -0.2) is 47.5 Å². The lowest BCUT2D eigenvalue weighted by atomic mass is 9.82. The van der Waals surface area contributed by atoms with Crippen LogP contribution in [0, 0.1) is 0 Å². The van der Waals surface area contributed by atoms with Crippen molar-refractivity contribution in [2.75, 3.05) is 19.7 Å². The van der Waals surface area contributed by atoms with Gasteiger partial charge in [-0.05, 0) is 33.3 Å². The Hall–Kier alpha value is -1.59. The second-order valence-electron chi connectivity index (χ2n) is 6.88. The van der Waals surface area contributed by atoms with Gasteiger partial charge in [-0.1, -0.05) is 30.3 Å². The van der Waals surface area contributed by atoms with Crippen LogP contribution in [0.2, 0.25) is 0 Å². The zero-order valence-electron chi connectivity index (χ0n) is 14.4. The van der Waals surface area contributed by atoms with Gasteiger partial charge in [-0.15, -0.1) is 0 Å². The molecule has 0 radical (unpaired) electrons. The fraction of sp³-hybridized carbons (Fsp3) is 0.611. The molecule has 1 fully saturated rings. The topological polar surface area (TPSA) is 59.0 Å². The summed E-state index contributed by atoms with van der Waals surface area (Å²) >= 11 is 0. The minimum absolute atomic E-state index is 0.198. The number of hydrogen-bond acceptors (Lipinski definition) is 4. The molecule has 1 amide bonds. The lowest BCUT2D eigenvalue weighted by Gasteiger charge is -2.45. The first kappa shape index (κ1) is 17.8. The van der Waals surface area contributed by atoms with Gasteiger partial charge in [0.2, 0.25) is 0 Å². The Kier molecular flexibility index (Phi) is 5.32. The molecular weight excluding hydrogens is 294 g/mol. The monoisotopic (exact) mass is 321 g/mol. The Morgan fingerprint density at radius 1 is 1.35 bits per heavy atom. The van der Waals surface area contributed by atoms with Crippen molar-refractivity contribution in [3.63, 3.8) is 0 Å². The number of aliphatic hydroxyl groups excluding tert-OH is 1. The smallest absolute Gasteiger partial charge is 0.410 e. The van der Waals surface area contributed by atoms with Crippen LogP contribution in [-0.2, 0) is 15.1 Å². The first-order chi connectivity index (χ1) is 10.8. The fourth-order valence-electron chi connectivity index (χ4n) is 2.97. The summed E-state index contributed by atoms with van der Waals surface area (Å²) in [5.41, 5.74) is -0.372. The molecule has 1 aliphatic heterocycles. The van der Waals surface area contributed by atoms with E-state index >= 15 is 0 Å². The second kappa shape index (κ2) is 6.89. The summed E-state index contributed by atoms with van der Waals surface area (Å²) < 4.78 is 11.4. The number of benzene rings is 1. The van der Waals surface area contributed by atoms with Gasteiger partial charge >= 0.3 is 6.09 Å². The zero-order chi connectivity index (χ0) is 17.1. The maximum atomic E-state index is 12.2. The molecule has 0 bridgehead atoms. The van der Waals surface area contributed by atoms with Crippen molar-refractivity contribution in [2.24, 2.45) is 0 Å². The van der Waals surface area contributed by atoms with E-state index in [4.69, 9.17) is 9.47 Å². The third kappa shape index (κ3) is 4.03. The number of amides is 1. The molecule has 128 valence electrons. The lowest BCUT2D eigenvalue weighted by molar-refractivity contribution is -0.158. The third-order valence-corrected chi connectivity index (χ3v) is 4.00. The van der Waals surface area contributed by atoms with Crippen LogP contribution in [0.4, 0.5) is 4.79 Å². The number of carbonyl (C=O) groups excluding carboxylic acids is 1. The molecule has 2 rings (SSSR count). The van der Waals surface area contributed by atoms with Crippen LogP contribution in [0.5, 0.6) is 0 Å². The Morgan fingerprint density at radius 3 is 2.52 bits per heavy atom. The summed E-state index contributed by atoms with van der Waals surface area (Å²) in [4.78, 5) is 13.8. The Morgan fingerprint density at radius 2 is 2.00 bits per heavy atom. The molecule has 0 unspecified atom stereocenters. The van der Waals surface area contributed by atoms with Gasteiger partial charge in [-0.3, -0.25) is 0 Å². The maximum Gasteiger partial charge on any atom is 0.410 e. The zero-order valence-corrected chi connectivity index (χ0v) is 14.4. The molecule has 2 atom stereocenters. The number of β-amino-alcohol motifs (C(OH)–C–C–N with tert-alkyl or cyclic N) is 1. The predicted octanol–water partition coefficient (Wildman–Crippen LogP) is 2.92. The number of ether oxygens (including phenoxy) is 2. The highest BCUT2D eigenvalue weighted by Crippen LogP contribution is 2.37. The van der Waals surface area contributed by atoms with E-state index in [1.165, 1.54) is 0 Å². The normalized spacial score (nSPS) is 25.3. The van der Waals surface area contributed by atoms with E-state index < -0.39 is 23.4 Å². The summed E-state index contributed by atoms with van der Waals surface area (Å²) in [6.07, 6.45) is -0.661. The SMILES string of the molecule is CCO[C@]1(c2ccccc2)CCN(C(=O)OC(C)(C)C)C[C@@H]1O. The molecule has 0 spiro atoms. The van der Waals surface area contributed by atoms with Crippen LogP contribution >= 0.6 is 0 Å². The molecule has 0 aromatic heterocycles. The van der Waals surface area contributed by atoms with Gasteiger partial charge < -0.3 is 19.5 Å². The largest absolute Gasteiger partial charge is 0.444 e. The molecule has 0 saturated carbocycles. The molecule has 1 aromatic rings. The Bertz CT molecular complexity index is 526. The van der Waals surface area contributed by atoms with Crippen molar-refractivity contribution in [1.29, 1.82) is 0 Å². The van der Waals surface area contributed by atoms with Gasteiger partial charge in [-0.25, -0.2) is 4.79 Å². The van der Waals surface area contributed by atoms with Crippen LogP contribution in [0.25, 0.3) is 0 Å². The highest BCUT2D eigenvalue weighted by Gasteiger charge is 2.46. The Labute approximate surface area is 138 Å².